The number of benzene rings is 1. The van der Waals surface area contributed by atoms with Crippen molar-refractivity contribution in [3.63, 3.8) is 0 Å². The fourth-order valence-corrected chi connectivity index (χ4v) is 2.55. The second kappa shape index (κ2) is 6.84. The van der Waals surface area contributed by atoms with E-state index in [1.54, 1.807) is 12.1 Å². The van der Waals surface area contributed by atoms with Crippen LogP contribution in [-0.4, -0.2) is 34.5 Å². The molecule has 1 aromatic rings. The molecule has 0 aromatic heterocycles. The summed E-state index contributed by atoms with van der Waals surface area (Å²) in [6, 6.07) is 9.06. The maximum atomic E-state index is 12.2. The second-order valence-corrected chi connectivity index (χ2v) is 5.55. The number of carbonyl (C=O) groups excluding carboxylic acids is 1. The van der Waals surface area contributed by atoms with Crippen LogP contribution in [0.3, 0.4) is 0 Å². The lowest BCUT2D eigenvalue weighted by atomic mass is 10.1. The van der Waals surface area contributed by atoms with E-state index in [1.807, 2.05) is 18.2 Å². The van der Waals surface area contributed by atoms with Gasteiger partial charge in [-0.3, -0.25) is 4.79 Å². The summed E-state index contributed by atoms with van der Waals surface area (Å²) in [4.78, 5) is 22.0. The SMILES string of the molecule is CC(CSCc1ccccc1)(NC(=O)C(F)(F)F)C(=O)O. The van der Waals surface area contributed by atoms with E-state index in [2.05, 4.69) is 0 Å². The summed E-state index contributed by atoms with van der Waals surface area (Å²) in [7, 11) is 0. The Morgan fingerprint density at radius 2 is 1.81 bits per heavy atom. The number of hydrogen-bond acceptors (Lipinski definition) is 3. The Kier molecular flexibility index (Phi) is 5.65. The van der Waals surface area contributed by atoms with Gasteiger partial charge >= 0.3 is 18.1 Å². The molecule has 0 aliphatic heterocycles. The van der Waals surface area contributed by atoms with Crippen molar-refractivity contribution in [2.75, 3.05) is 5.75 Å². The van der Waals surface area contributed by atoms with E-state index in [0.29, 0.717) is 5.75 Å². The minimum atomic E-state index is -5.11. The van der Waals surface area contributed by atoms with E-state index in [0.717, 1.165) is 24.2 Å². The van der Waals surface area contributed by atoms with Crippen LogP contribution in [0.15, 0.2) is 30.3 Å². The molecule has 2 N–H and O–H groups in total. The number of aliphatic carboxylic acids is 1. The number of carbonyl (C=O) groups is 2. The van der Waals surface area contributed by atoms with Crippen LogP contribution in [0.4, 0.5) is 13.2 Å². The zero-order valence-electron chi connectivity index (χ0n) is 11.1. The number of nitrogens with one attached hydrogen (secondary N) is 1. The van der Waals surface area contributed by atoms with Crippen LogP contribution in [-0.2, 0) is 15.3 Å². The zero-order chi connectivity index (χ0) is 16.1. The molecular formula is C13H14F3NO3S. The number of carboxylic acid groups (broad SMARTS) is 1. The maximum absolute atomic E-state index is 12.2. The van der Waals surface area contributed by atoms with Gasteiger partial charge in [0.2, 0.25) is 0 Å². The standard InChI is InChI=1S/C13H14F3NO3S/c1-12(11(19)20,17-10(18)13(14,15)16)8-21-7-9-5-3-2-4-6-9/h2-6H,7-8H2,1H3,(H,17,18)(H,19,20). The predicted molar refractivity (Wildman–Crippen MR) is 72.8 cm³/mol. The molecule has 1 amide bonds. The van der Waals surface area contributed by atoms with Crippen LogP contribution in [0.5, 0.6) is 0 Å². The topological polar surface area (TPSA) is 66.4 Å². The number of amides is 1. The van der Waals surface area contributed by atoms with Gasteiger partial charge in [0.25, 0.3) is 0 Å². The van der Waals surface area contributed by atoms with Gasteiger partial charge in [-0.1, -0.05) is 30.3 Å². The van der Waals surface area contributed by atoms with E-state index in [1.165, 1.54) is 5.32 Å². The molecule has 0 aliphatic rings. The Morgan fingerprint density at radius 1 is 1.24 bits per heavy atom. The summed E-state index contributed by atoms with van der Waals surface area (Å²) in [5.41, 5.74) is -1.07. The van der Waals surface area contributed by atoms with E-state index >= 15 is 0 Å². The molecule has 0 bridgehead atoms. The third kappa shape index (κ3) is 5.30. The Labute approximate surface area is 123 Å². The number of thioether (sulfide) groups is 1. The fourth-order valence-electron chi connectivity index (χ4n) is 1.42. The molecular weight excluding hydrogens is 307 g/mol. The monoisotopic (exact) mass is 321 g/mol. The molecule has 1 unspecified atom stereocenters. The quantitative estimate of drug-likeness (QED) is 0.844. The summed E-state index contributed by atoms with van der Waals surface area (Å²) < 4.78 is 36.7. The Bertz CT molecular complexity index is 507. The van der Waals surface area contributed by atoms with Crippen molar-refractivity contribution in [1.29, 1.82) is 0 Å². The first-order valence-corrected chi connectivity index (χ1v) is 7.05. The van der Waals surface area contributed by atoms with Crippen LogP contribution in [0, 0.1) is 0 Å². The Balaban J connectivity index is 2.64. The molecule has 0 fully saturated rings. The van der Waals surface area contributed by atoms with Gasteiger partial charge in [0.05, 0.1) is 0 Å². The molecule has 1 atom stereocenters. The Morgan fingerprint density at radius 3 is 2.29 bits per heavy atom. The van der Waals surface area contributed by atoms with Gasteiger partial charge in [-0.05, 0) is 12.5 Å². The highest BCUT2D eigenvalue weighted by Crippen LogP contribution is 2.21. The molecule has 21 heavy (non-hydrogen) atoms. The molecule has 0 saturated carbocycles. The van der Waals surface area contributed by atoms with Crippen molar-refractivity contribution in [2.45, 2.75) is 24.4 Å². The van der Waals surface area contributed by atoms with Crippen molar-refractivity contribution in [3.8, 4) is 0 Å². The van der Waals surface area contributed by atoms with Gasteiger partial charge in [-0.2, -0.15) is 24.9 Å². The minimum Gasteiger partial charge on any atom is -0.479 e. The van der Waals surface area contributed by atoms with Crippen molar-refractivity contribution in [3.05, 3.63) is 35.9 Å². The first-order chi connectivity index (χ1) is 9.65. The number of rotatable bonds is 6. The molecule has 0 aliphatic carbocycles. The first kappa shape index (κ1) is 17.4. The summed E-state index contributed by atoms with van der Waals surface area (Å²) in [6.07, 6.45) is -5.11. The van der Waals surface area contributed by atoms with Gasteiger partial charge in [0.15, 0.2) is 0 Å². The number of hydrogen-bond donors (Lipinski definition) is 2. The maximum Gasteiger partial charge on any atom is 0.471 e. The first-order valence-electron chi connectivity index (χ1n) is 5.89. The van der Waals surface area contributed by atoms with E-state index in [4.69, 9.17) is 5.11 Å². The van der Waals surface area contributed by atoms with Crippen LogP contribution in [0.25, 0.3) is 0 Å². The molecule has 1 aromatic carbocycles. The van der Waals surface area contributed by atoms with Gasteiger partial charge in [0, 0.05) is 11.5 Å². The van der Waals surface area contributed by atoms with Gasteiger partial charge in [-0.15, -0.1) is 0 Å². The van der Waals surface area contributed by atoms with Crippen LogP contribution in [0.2, 0.25) is 0 Å². The molecule has 4 nitrogen and oxygen atoms in total. The number of alkyl halides is 3. The van der Waals surface area contributed by atoms with E-state index in [9.17, 15) is 22.8 Å². The van der Waals surface area contributed by atoms with Crippen molar-refractivity contribution < 1.29 is 27.9 Å². The lowest BCUT2D eigenvalue weighted by molar-refractivity contribution is -0.177. The molecule has 116 valence electrons. The Hall–Kier alpha value is -1.70. The summed E-state index contributed by atoms with van der Waals surface area (Å²) in [6.45, 7) is 1.05. The van der Waals surface area contributed by atoms with Crippen molar-refractivity contribution in [2.24, 2.45) is 0 Å². The third-order valence-electron chi connectivity index (χ3n) is 2.62. The average Bonchev–Trinajstić information content (AvgIpc) is 2.38. The average molecular weight is 321 g/mol. The summed E-state index contributed by atoms with van der Waals surface area (Å²) in [5.74, 6) is -3.52. The number of carboxylic acids is 1. The van der Waals surface area contributed by atoms with E-state index in [-0.39, 0.29) is 5.75 Å². The molecule has 0 radical (unpaired) electrons. The molecule has 8 heteroatoms. The molecule has 1 rings (SSSR count). The number of halogens is 3. The lowest BCUT2D eigenvalue weighted by Gasteiger charge is -2.26. The van der Waals surface area contributed by atoms with Crippen LogP contribution in [0.1, 0.15) is 12.5 Å². The van der Waals surface area contributed by atoms with Gasteiger partial charge < -0.3 is 10.4 Å². The zero-order valence-corrected chi connectivity index (χ0v) is 11.9. The summed E-state index contributed by atoms with van der Waals surface area (Å²) >= 11 is 1.13. The van der Waals surface area contributed by atoms with Crippen molar-refractivity contribution >= 4 is 23.6 Å². The smallest absolute Gasteiger partial charge is 0.471 e. The highest BCUT2D eigenvalue weighted by Gasteiger charge is 2.45. The third-order valence-corrected chi connectivity index (χ3v) is 3.94. The molecule has 0 spiro atoms. The van der Waals surface area contributed by atoms with Crippen LogP contribution < -0.4 is 5.32 Å². The fraction of sp³-hybridized carbons (Fsp3) is 0.385. The summed E-state index contributed by atoms with van der Waals surface area (Å²) in [5, 5.41) is 10.6. The minimum absolute atomic E-state index is 0.182. The highest BCUT2D eigenvalue weighted by atomic mass is 32.2. The van der Waals surface area contributed by atoms with Crippen molar-refractivity contribution in [1.82, 2.24) is 5.32 Å². The predicted octanol–water partition coefficient (Wildman–Crippen LogP) is 2.44. The van der Waals surface area contributed by atoms with E-state index < -0.39 is 23.6 Å². The largest absolute Gasteiger partial charge is 0.479 e. The molecule has 0 saturated heterocycles. The second-order valence-electron chi connectivity index (χ2n) is 4.57. The highest BCUT2D eigenvalue weighted by molar-refractivity contribution is 7.98. The van der Waals surface area contributed by atoms with Crippen LogP contribution >= 0.6 is 11.8 Å². The lowest BCUT2D eigenvalue weighted by Crippen LogP contribution is -2.57. The van der Waals surface area contributed by atoms with Gasteiger partial charge in [-0.25, -0.2) is 4.79 Å². The molecule has 0 heterocycles. The normalized spacial score (nSPS) is 14.3. The van der Waals surface area contributed by atoms with Gasteiger partial charge in [0.1, 0.15) is 5.54 Å².